The number of benzene rings is 2. The van der Waals surface area contributed by atoms with Crippen molar-refractivity contribution in [2.45, 2.75) is 37.8 Å². The van der Waals surface area contributed by atoms with Crippen LogP contribution in [0.4, 0.5) is 0 Å². The number of fused-ring (bicyclic) bond motifs is 1. The van der Waals surface area contributed by atoms with Gasteiger partial charge in [0.2, 0.25) is 0 Å². The molecule has 4 rings (SSSR count). The van der Waals surface area contributed by atoms with Crippen molar-refractivity contribution in [3.8, 4) is 5.75 Å². The number of amides is 1. The molecule has 2 aromatic rings. The van der Waals surface area contributed by atoms with Crippen LogP contribution in [0, 0.1) is 0 Å². The normalized spacial score (nSPS) is 21.0. The van der Waals surface area contributed by atoms with Crippen LogP contribution in [-0.2, 0) is 6.42 Å². The van der Waals surface area contributed by atoms with Crippen LogP contribution in [0.2, 0.25) is 5.02 Å². The number of nitrogens with one attached hydrogen (secondary N) is 1. The number of carbonyl (C=O) groups excluding carboxylic acids is 1. The van der Waals surface area contributed by atoms with Crippen LogP contribution < -0.4 is 21.5 Å². The minimum Gasteiger partial charge on any atom is -0.485 e. The lowest BCUT2D eigenvalue weighted by Gasteiger charge is -2.17. The average molecular weight is 388 g/mol. The number of aryl methyl sites for hydroxylation is 1. The molecule has 1 amide bonds. The summed E-state index contributed by atoms with van der Waals surface area (Å²) >= 11 is 5.90. The summed E-state index contributed by atoms with van der Waals surface area (Å²) in [6.07, 6.45) is 4.31. The monoisotopic (exact) mass is 387 g/mol. The third-order valence-electron chi connectivity index (χ3n) is 4.89. The molecular weight excluding hydrogens is 362 g/mol. The van der Waals surface area contributed by atoms with E-state index in [4.69, 9.17) is 27.8 Å². The first-order chi connectivity index (χ1) is 13.0. The number of ether oxygens (including phenoxy) is 1. The highest BCUT2D eigenvalue weighted by molar-refractivity contribution is 6.31. The second-order valence-electron chi connectivity index (χ2n) is 6.96. The van der Waals surface area contributed by atoms with Crippen LogP contribution in [0.1, 0.15) is 46.9 Å². The molecule has 0 spiro atoms. The second kappa shape index (κ2) is 9.22. The molecule has 0 aromatic heterocycles. The van der Waals surface area contributed by atoms with Crippen LogP contribution in [-0.4, -0.2) is 25.0 Å². The van der Waals surface area contributed by atoms with E-state index in [9.17, 15) is 4.79 Å². The van der Waals surface area contributed by atoms with Gasteiger partial charge in [-0.2, -0.15) is 0 Å². The van der Waals surface area contributed by atoms with E-state index in [2.05, 4.69) is 17.4 Å². The minimum absolute atomic E-state index is 0.0366. The van der Waals surface area contributed by atoms with Gasteiger partial charge in [0.1, 0.15) is 11.9 Å². The number of hydrogen-bond donors (Lipinski definition) is 3. The summed E-state index contributed by atoms with van der Waals surface area (Å²) in [5.41, 5.74) is 13.7. The molecule has 0 radical (unpaired) electrons. The summed E-state index contributed by atoms with van der Waals surface area (Å²) in [6, 6.07) is 13.6. The maximum Gasteiger partial charge on any atom is 0.252 e. The Morgan fingerprint density at radius 1 is 1.19 bits per heavy atom. The van der Waals surface area contributed by atoms with Crippen molar-refractivity contribution in [1.82, 2.24) is 5.32 Å². The van der Waals surface area contributed by atoms with Gasteiger partial charge >= 0.3 is 0 Å². The zero-order valence-electron chi connectivity index (χ0n) is 15.3. The van der Waals surface area contributed by atoms with Gasteiger partial charge in [-0.1, -0.05) is 35.9 Å². The molecule has 1 heterocycles. The Hall–Kier alpha value is -2.08. The minimum atomic E-state index is -0.534. The second-order valence-corrected chi connectivity index (χ2v) is 7.39. The molecule has 0 bridgehead atoms. The van der Waals surface area contributed by atoms with E-state index in [0.29, 0.717) is 22.4 Å². The summed E-state index contributed by atoms with van der Waals surface area (Å²) < 4.78 is 5.99. The van der Waals surface area contributed by atoms with Crippen LogP contribution in [0.15, 0.2) is 42.5 Å². The van der Waals surface area contributed by atoms with Crippen molar-refractivity contribution in [2.24, 2.45) is 11.5 Å². The lowest BCUT2D eigenvalue weighted by molar-refractivity contribution is 0.0992. The van der Waals surface area contributed by atoms with Gasteiger partial charge in [0.15, 0.2) is 0 Å². The van der Waals surface area contributed by atoms with E-state index < -0.39 is 5.91 Å². The summed E-state index contributed by atoms with van der Waals surface area (Å²) in [5.74, 6) is -0.0441. The third-order valence-corrected chi connectivity index (χ3v) is 5.12. The van der Waals surface area contributed by atoms with Gasteiger partial charge in [-0.25, -0.2) is 0 Å². The Labute approximate surface area is 165 Å². The molecule has 6 heteroatoms. The molecule has 2 unspecified atom stereocenters. The molecule has 0 saturated carbocycles. The zero-order valence-corrected chi connectivity index (χ0v) is 16.0. The van der Waals surface area contributed by atoms with Crippen LogP contribution >= 0.6 is 11.6 Å². The van der Waals surface area contributed by atoms with E-state index in [-0.39, 0.29) is 6.10 Å². The summed E-state index contributed by atoms with van der Waals surface area (Å²) in [5, 5.41) is 3.68. The zero-order chi connectivity index (χ0) is 19.2. The molecule has 2 aliphatic rings. The summed E-state index contributed by atoms with van der Waals surface area (Å²) in [7, 11) is 0. The molecule has 5 nitrogen and oxygen atoms in total. The van der Waals surface area contributed by atoms with Crippen LogP contribution in [0.3, 0.4) is 0 Å². The Morgan fingerprint density at radius 2 is 2.00 bits per heavy atom. The van der Waals surface area contributed by atoms with Crippen molar-refractivity contribution in [3.63, 3.8) is 0 Å². The molecule has 2 atom stereocenters. The molecule has 5 N–H and O–H groups in total. The highest BCUT2D eigenvalue weighted by Crippen LogP contribution is 2.36. The number of carbonyl (C=O) groups is 1. The van der Waals surface area contributed by atoms with E-state index in [0.717, 1.165) is 25.9 Å². The van der Waals surface area contributed by atoms with E-state index in [1.165, 1.54) is 24.0 Å². The number of piperidine rings is 1. The van der Waals surface area contributed by atoms with E-state index >= 15 is 0 Å². The highest BCUT2D eigenvalue weighted by Gasteiger charge is 2.25. The molecule has 1 saturated heterocycles. The fourth-order valence-corrected chi connectivity index (χ4v) is 3.64. The lowest BCUT2D eigenvalue weighted by Crippen LogP contribution is -2.39. The maximum atomic E-state index is 11.5. The topological polar surface area (TPSA) is 90.4 Å². The quantitative estimate of drug-likeness (QED) is 0.754. The SMILES string of the molecule is NC(=O)c1cc(Cl)ccc1OC1CCc2ccccc21.NC1CCCNC1. The van der Waals surface area contributed by atoms with Gasteiger partial charge in [0.25, 0.3) is 5.91 Å². The van der Waals surface area contributed by atoms with Crippen LogP contribution in [0.5, 0.6) is 5.75 Å². The van der Waals surface area contributed by atoms with Crippen molar-refractivity contribution in [2.75, 3.05) is 13.1 Å². The van der Waals surface area contributed by atoms with Gasteiger partial charge in [-0.05, 0) is 61.6 Å². The largest absolute Gasteiger partial charge is 0.485 e. The lowest BCUT2D eigenvalue weighted by atomic mass is 10.1. The fourth-order valence-electron chi connectivity index (χ4n) is 3.47. The van der Waals surface area contributed by atoms with E-state index in [1.54, 1.807) is 18.2 Å². The summed E-state index contributed by atoms with van der Waals surface area (Å²) in [4.78, 5) is 11.5. The number of rotatable bonds is 3. The van der Waals surface area contributed by atoms with Crippen LogP contribution in [0.25, 0.3) is 0 Å². The molecule has 1 fully saturated rings. The Bertz CT molecular complexity index is 791. The van der Waals surface area contributed by atoms with E-state index in [1.807, 2.05) is 12.1 Å². The predicted octanol–water partition coefficient (Wildman–Crippen LogP) is 3.20. The Balaban J connectivity index is 0.000000253. The third kappa shape index (κ3) is 5.22. The standard InChI is InChI=1S/C16H14ClNO2.C5H12N2/c17-11-6-8-15(13(9-11)16(18)19)20-14-7-5-10-3-1-2-4-12(10)14;6-5-2-1-3-7-4-5/h1-4,6,8-9,14H,5,7H2,(H2,18,19);5,7H,1-4,6H2. The number of hydrogen-bond acceptors (Lipinski definition) is 4. The fraction of sp³-hybridized carbons (Fsp3) is 0.381. The molecular formula is C21H26ClN3O2. The first kappa shape index (κ1) is 19.7. The first-order valence-corrected chi connectivity index (χ1v) is 9.72. The predicted molar refractivity (Wildman–Crippen MR) is 108 cm³/mol. The number of halogens is 1. The highest BCUT2D eigenvalue weighted by atomic mass is 35.5. The number of nitrogens with two attached hydrogens (primary N) is 2. The van der Waals surface area contributed by atoms with Crippen molar-refractivity contribution >= 4 is 17.5 Å². The average Bonchev–Trinajstić information content (AvgIpc) is 3.07. The first-order valence-electron chi connectivity index (χ1n) is 9.34. The van der Waals surface area contributed by atoms with Gasteiger partial charge in [0.05, 0.1) is 5.56 Å². The molecule has 27 heavy (non-hydrogen) atoms. The maximum absolute atomic E-state index is 11.5. The van der Waals surface area contributed by atoms with Crippen molar-refractivity contribution in [1.29, 1.82) is 0 Å². The number of primary amides is 1. The molecule has 144 valence electrons. The van der Waals surface area contributed by atoms with Crippen molar-refractivity contribution in [3.05, 3.63) is 64.2 Å². The summed E-state index contributed by atoms with van der Waals surface area (Å²) in [6.45, 7) is 2.17. The Kier molecular flexibility index (Phi) is 6.72. The molecule has 1 aliphatic carbocycles. The Morgan fingerprint density at radius 3 is 2.67 bits per heavy atom. The van der Waals surface area contributed by atoms with Gasteiger partial charge < -0.3 is 21.5 Å². The smallest absolute Gasteiger partial charge is 0.252 e. The van der Waals surface area contributed by atoms with Gasteiger partial charge in [-0.15, -0.1) is 0 Å². The van der Waals surface area contributed by atoms with Gasteiger partial charge in [-0.3, -0.25) is 4.79 Å². The molecule has 2 aromatic carbocycles. The molecule has 1 aliphatic heterocycles. The van der Waals surface area contributed by atoms with Gasteiger partial charge in [0, 0.05) is 17.6 Å². The van der Waals surface area contributed by atoms with Crippen molar-refractivity contribution < 1.29 is 9.53 Å².